The number of carbonyl (C=O) groups excluding carboxylic acids is 2. The van der Waals surface area contributed by atoms with Crippen molar-refractivity contribution in [1.82, 2.24) is 0 Å². The largest absolute Gasteiger partial charge is 0.496 e. The summed E-state index contributed by atoms with van der Waals surface area (Å²) in [6.07, 6.45) is 1.25. The van der Waals surface area contributed by atoms with Crippen molar-refractivity contribution in [1.29, 1.82) is 0 Å². The lowest BCUT2D eigenvalue weighted by atomic mass is 9.90. The average molecular weight is 367 g/mol. The summed E-state index contributed by atoms with van der Waals surface area (Å²) in [6, 6.07) is 11.7. The zero-order valence-electron chi connectivity index (χ0n) is 17.3. The molecule has 0 bridgehead atoms. The van der Waals surface area contributed by atoms with E-state index in [-0.39, 0.29) is 17.5 Å². The predicted molar refractivity (Wildman–Crippen MR) is 110 cm³/mol. The van der Waals surface area contributed by atoms with Gasteiger partial charge in [0.2, 0.25) is 0 Å². The molecule has 0 radical (unpaired) electrons. The van der Waals surface area contributed by atoms with E-state index in [0.717, 1.165) is 34.4 Å². The fraction of sp³-hybridized carbons (Fsp3) is 0.417. The summed E-state index contributed by atoms with van der Waals surface area (Å²) in [5.74, 6) is 1.60. The molecule has 1 atom stereocenters. The van der Waals surface area contributed by atoms with Gasteiger partial charge in [-0.25, -0.2) is 0 Å². The Bertz CT molecular complexity index is 834. The van der Waals surface area contributed by atoms with Gasteiger partial charge in [-0.15, -0.1) is 0 Å². The molecule has 27 heavy (non-hydrogen) atoms. The highest BCUT2D eigenvalue weighted by Gasteiger charge is 2.15. The fourth-order valence-electron chi connectivity index (χ4n) is 3.41. The molecule has 0 heterocycles. The lowest BCUT2D eigenvalue weighted by molar-refractivity contribution is 0.0976. The molecule has 2 aromatic rings. The highest BCUT2D eigenvalue weighted by atomic mass is 16.5. The molecule has 0 fully saturated rings. The smallest absolute Gasteiger partial charge is 0.163 e. The van der Waals surface area contributed by atoms with Gasteiger partial charge in [0.15, 0.2) is 11.6 Å². The third-order valence-electron chi connectivity index (χ3n) is 5.18. The van der Waals surface area contributed by atoms with E-state index < -0.39 is 0 Å². The number of methoxy groups -OCH3 is 1. The van der Waals surface area contributed by atoms with E-state index in [9.17, 15) is 9.59 Å². The van der Waals surface area contributed by atoms with Crippen molar-refractivity contribution < 1.29 is 14.3 Å². The van der Waals surface area contributed by atoms with Gasteiger partial charge in [-0.3, -0.25) is 9.59 Å². The molecule has 0 saturated heterocycles. The summed E-state index contributed by atoms with van der Waals surface area (Å²) < 4.78 is 5.46. The monoisotopic (exact) mass is 366 g/mol. The van der Waals surface area contributed by atoms with Gasteiger partial charge in [-0.2, -0.15) is 0 Å². The van der Waals surface area contributed by atoms with Crippen LogP contribution in [0.4, 0.5) is 0 Å². The first-order valence-electron chi connectivity index (χ1n) is 9.57. The molecular formula is C24H30O3. The average Bonchev–Trinajstić information content (AvgIpc) is 2.64. The van der Waals surface area contributed by atoms with Crippen molar-refractivity contribution in [2.24, 2.45) is 0 Å². The quantitative estimate of drug-likeness (QED) is 0.530. The summed E-state index contributed by atoms with van der Waals surface area (Å²) in [5, 5.41) is 0. The topological polar surface area (TPSA) is 43.4 Å². The first kappa shape index (κ1) is 20.9. The number of benzene rings is 2. The van der Waals surface area contributed by atoms with Gasteiger partial charge in [0.25, 0.3) is 0 Å². The number of rotatable bonds is 8. The van der Waals surface area contributed by atoms with Crippen LogP contribution < -0.4 is 4.74 Å². The molecule has 0 spiro atoms. The zero-order chi connectivity index (χ0) is 20.1. The summed E-state index contributed by atoms with van der Waals surface area (Å²) in [7, 11) is 1.64. The summed E-state index contributed by atoms with van der Waals surface area (Å²) in [5.41, 5.74) is 4.74. The van der Waals surface area contributed by atoms with Crippen LogP contribution in [0.5, 0.6) is 5.75 Å². The molecule has 3 heteroatoms. The Kier molecular flexibility index (Phi) is 6.95. The molecule has 144 valence electrons. The predicted octanol–water partition coefficient (Wildman–Crippen LogP) is 6.10. The van der Waals surface area contributed by atoms with Crippen LogP contribution in [0.25, 0.3) is 0 Å². The second-order valence-electron chi connectivity index (χ2n) is 7.60. The second-order valence-corrected chi connectivity index (χ2v) is 7.60. The molecule has 2 aromatic carbocycles. The van der Waals surface area contributed by atoms with Crippen molar-refractivity contribution in [3.8, 4) is 5.75 Å². The van der Waals surface area contributed by atoms with E-state index in [2.05, 4.69) is 26.8 Å². The Hall–Kier alpha value is -2.42. The lowest BCUT2D eigenvalue weighted by Gasteiger charge is -2.15. The minimum Gasteiger partial charge on any atom is -0.496 e. The Morgan fingerprint density at radius 1 is 1.04 bits per heavy atom. The third-order valence-corrected chi connectivity index (χ3v) is 5.18. The standard InChI is InChI=1S/C24H30O3/c1-15(2)21-10-9-20(14-24(21)27-6)23(26)12-7-16(3)19-8-11-22(18(5)25)17(4)13-19/h8-11,13-16H,7,12H2,1-6H3. The van der Waals surface area contributed by atoms with Gasteiger partial charge < -0.3 is 4.74 Å². The van der Waals surface area contributed by atoms with Gasteiger partial charge in [0, 0.05) is 17.5 Å². The first-order valence-corrected chi connectivity index (χ1v) is 9.57. The molecular weight excluding hydrogens is 336 g/mol. The third kappa shape index (κ3) is 5.06. The number of ether oxygens (including phenoxy) is 1. The molecule has 0 saturated carbocycles. The van der Waals surface area contributed by atoms with Gasteiger partial charge >= 0.3 is 0 Å². The zero-order valence-corrected chi connectivity index (χ0v) is 17.3. The van der Waals surface area contributed by atoms with E-state index >= 15 is 0 Å². The Labute approximate surface area is 162 Å². The number of hydrogen-bond donors (Lipinski definition) is 0. The molecule has 0 aliphatic heterocycles. The SMILES string of the molecule is COc1cc(C(=O)CCC(C)c2ccc(C(C)=O)c(C)c2)ccc1C(C)C. The minimum absolute atomic E-state index is 0.0840. The summed E-state index contributed by atoms with van der Waals surface area (Å²) >= 11 is 0. The maximum absolute atomic E-state index is 12.6. The molecule has 0 aliphatic rings. The Morgan fingerprint density at radius 3 is 2.30 bits per heavy atom. The van der Waals surface area contributed by atoms with E-state index in [1.807, 2.05) is 37.3 Å². The fourth-order valence-corrected chi connectivity index (χ4v) is 3.41. The number of aryl methyl sites for hydroxylation is 1. The maximum Gasteiger partial charge on any atom is 0.163 e. The van der Waals surface area contributed by atoms with Crippen LogP contribution in [-0.2, 0) is 0 Å². The van der Waals surface area contributed by atoms with Crippen molar-refractivity contribution >= 4 is 11.6 Å². The Morgan fingerprint density at radius 2 is 1.74 bits per heavy atom. The van der Waals surface area contributed by atoms with Crippen molar-refractivity contribution in [2.75, 3.05) is 7.11 Å². The van der Waals surface area contributed by atoms with E-state index in [0.29, 0.717) is 17.9 Å². The lowest BCUT2D eigenvalue weighted by Crippen LogP contribution is -2.05. The number of Topliss-reactive ketones (excluding diaryl/α,β-unsaturated/α-hetero) is 2. The van der Waals surface area contributed by atoms with E-state index in [1.165, 1.54) is 0 Å². The van der Waals surface area contributed by atoms with Crippen LogP contribution in [0.15, 0.2) is 36.4 Å². The number of hydrogen-bond acceptors (Lipinski definition) is 3. The summed E-state index contributed by atoms with van der Waals surface area (Å²) in [6.45, 7) is 9.89. The van der Waals surface area contributed by atoms with Crippen LogP contribution in [-0.4, -0.2) is 18.7 Å². The van der Waals surface area contributed by atoms with Crippen molar-refractivity contribution in [3.63, 3.8) is 0 Å². The van der Waals surface area contributed by atoms with Crippen molar-refractivity contribution in [2.45, 2.75) is 59.3 Å². The van der Waals surface area contributed by atoms with Crippen LogP contribution >= 0.6 is 0 Å². The number of ketones is 2. The Balaban J connectivity index is 2.07. The highest BCUT2D eigenvalue weighted by molar-refractivity contribution is 5.96. The van der Waals surface area contributed by atoms with Crippen LogP contribution in [0.3, 0.4) is 0 Å². The minimum atomic E-state index is 0.0840. The maximum atomic E-state index is 12.6. The van der Waals surface area contributed by atoms with Crippen LogP contribution in [0.2, 0.25) is 0 Å². The second kappa shape index (κ2) is 8.98. The van der Waals surface area contributed by atoms with Gasteiger partial charge in [-0.05, 0) is 54.9 Å². The van der Waals surface area contributed by atoms with E-state index in [1.54, 1.807) is 14.0 Å². The van der Waals surface area contributed by atoms with Crippen molar-refractivity contribution in [3.05, 3.63) is 64.2 Å². The molecule has 0 amide bonds. The van der Waals surface area contributed by atoms with Crippen LogP contribution in [0.1, 0.15) is 89.8 Å². The molecule has 0 N–H and O–H groups in total. The van der Waals surface area contributed by atoms with Gasteiger partial charge in [0.1, 0.15) is 5.75 Å². The molecule has 3 nitrogen and oxygen atoms in total. The molecule has 1 unspecified atom stereocenters. The molecule has 2 rings (SSSR count). The normalized spacial score (nSPS) is 12.1. The molecule has 0 aromatic heterocycles. The first-order chi connectivity index (χ1) is 12.7. The molecule has 0 aliphatic carbocycles. The van der Waals surface area contributed by atoms with E-state index in [4.69, 9.17) is 4.74 Å². The van der Waals surface area contributed by atoms with Crippen LogP contribution in [0, 0.1) is 6.92 Å². The van der Waals surface area contributed by atoms with Gasteiger partial charge in [0.05, 0.1) is 7.11 Å². The highest BCUT2D eigenvalue weighted by Crippen LogP contribution is 2.29. The van der Waals surface area contributed by atoms with Gasteiger partial charge in [-0.1, -0.05) is 51.1 Å². The number of carbonyl (C=O) groups is 2. The summed E-state index contributed by atoms with van der Waals surface area (Å²) in [4.78, 5) is 24.2.